The molecule has 0 aliphatic heterocycles. The lowest BCUT2D eigenvalue weighted by Gasteiger charge is -2.16. The maximum Gasteiger partial charge on any atom is 0.221 e. The summed E-state index contributed by atoms with van der Waals surface area (Å²) < 4.78 is 27.0. The van der Waals surface area contributed by atoms with Gasteiger partial charge in [-0.1, -0.05) is 6.07 Å². The molecule has 0 aromatic heterocycles. The van der Waals surface area contributed by atoms with Crippen LogP contribution in [0.3, 0.4) is 0 Å². The number of benzene rings is 1. The Morgan fingerprint density at radius 1 is 1.40 bits per heavy atom. The number of halogens is 2. The summed E-state index contributed by atoms with van der Waals surface area (Å²) >= 11 is 0. The monoisotopic (exact) mass is 282 g/mol. The molecule has 0 saturated heterocycles. The summed E-state index contributed by atoms with van der Waals surface area (Å²) in [4.78, 5) is 11.8. The Kier molecular flexibility index (Phi) is 4.70. The molecule has 0 heterocycles. The quantitative estimate of drug-likeness (QED) is 0.840. The summed E-state index contributed by atoms with van der Waals surface area (Å²) in [7, 11) is 0. The van der Waals surface area contributed by atoms with Crippen LogP contribution in [0.25, 0.3) is 0 Å². The Labute approximate surface area is 117 Å². The van der Waals surface area contributed by atoms with E-state index in [4.69, 9.17) is 5.73 Å². The van der Waals surface area contributed by atoms with Crippen molar-refractivity contribution >= 4 is 5.91 Å². The molecule has 20 heavy (non-hydrogen) atoms. The van der Waals surface area contributed by atoms with Crippen LogP contribution in [0.15, 0.2) is 18.2 Å². The second-order valence-electron chi connectivity index (χ2n) is 5.58. The summed E-state index contributed by atoms with van der Waals surface area (Å²) in [5.74, 6) is -0.865. The highest BCUT2D eigenvalue weighted by molar-refractivity contribution is 5.77. The molecule has 2 atom stereocenters. The number of nitrogens with one attached hydrogen (secondary N) is 1. The lowest BCUT2D eigenvalue weighted by atomic mass is 10.0. The minimum Gasteiger partial charge on any atom is -0.353 e. The minimum atomic E-state index is -0.583. The SMILES string of the molecule is CC(Cc1c(F)cccc1F)NC(=O)CC(N)C1CC1. The van der Waals surface area contributed by atoms with Crippen molar-refractivity contribution in [3.05, 3.63) is 35.4 Å². The predicted molar refractivity (Wildman–Crippen MR) is 73.0 cm³/mol. The zero-order chi connectivity index (χ0) is 14.7. The Balaban J connectivity index is 1.85. The van der Waals surface area contributed by atoms with Gasteiger partial charge in [-0.25, -0.2) is 8.78 Å². The lowest BCUT2D eigenvalue weighted by molar-refractivity contribution is -0.122. The summed E-state index contributed by atoms with van der Waals surface area (Å²) in [5, 5.41) is 2.74. The first-order valence-corrected chi connectivity index (χ1v) is 6.95. The van der Waals surface area contributed by atoms with E-state index in [1.165, 1.54) is 18.2 Å². The van der Waals surface area contributed by atoms with Crippen molar-refractivity contribution in [3.63, 3.8) is 0 Å². The predicted octanol–water partition coefficient (Wildman–Crippen LogP) is 2.14. The number of carbonyl (C=O) groups is 1. The molecule has 2 unspecified atom stereocenters. The van der Waals surface area contributed by atoms with Crippen LogP contribution in [0.2, 0.25) is 0 Å². The summed E-state index contributed by atoms with van der Waals surface area (Å²) in [6, 6.07) is 3.32. The van der Waals surface area contributed by atoms with Gasteiger partial charge in [0, 0.05) is 24.1 Å². The van der Waals surface area contributed by atoms with Crippen molar-refractivity contribution in [2.45, 2.75) is 44.7 Å². The van der Waals surface area contributed by atoms with E-state index in [1.54, 1.807) is 6.92 Å². The normalized spacial score (nSPS) is 17.6. The van der Waals surface area contributed by atoms with Gasteiger partial charge in [0.05, 0.1) is 0 Å². The molecule has 1 saturated carbocycles. The average molecular weight is 282 g/mol. The molecule has 1 aliphatic rings. The number of amides is 1. The van der Waals surface area contributed by atoms with Gasteiger partial charge in [0.1, 0.15) is 11.6 Å². The molecule has 3 N–H and O–H groups in total. The zero-order valence-corrected chi connectivity index (χ0v) is 11.5. The molecule has 1 aromatic carbocycles. The molecule has 2 rings (SSSR count). The molecule has 3 nitrogen and oxygen atoms in total. The lowest BCUT2D eigenvalue weighted by Crippen LogP contribution is -2.38. The van der Waals surface area contributed by atoms with E-state index in [0.29, 0.717) is 5.92 Å². The molecule has 5 heteroatoms. The number of rotatable bonds is 6. The standard InChI is InChI=1S/C15H20F2N2O/c1-9(7-11-12(16)3-2-4-13(11)17)19-15(20)8-14(18)10-5-6-10/h2-4,9-10,14H,5-8,18H2,1H3,(H,19,20). The highest BCUT2D eigenvalue weighted by atomic mass is 19.1. The first-order valence-electron chi connectivity index (χ1n) is 6.95. The van der Waals surface area contributed by atoms with Gasteiger partial charge >= 0.3 is 0 Å². The molecule has 0 spiro atoms. The van der Waals surface area contributed by atoms with Crippen molar-refractivity contribution in [2.24, 2.45) is 11.7 Å². The van der Waals surface area contributed by atoms with E-state index >= 15 is 0 Å². The van der Waals surface area contributed by atoms with Gasteiger partial charge in [-0.15, -0.1) is 0 Å². The van der Waals surface area contributed by atoms with Gasteiger partial charge < -0.3 is 11.1 Å². The van der Waals surface area contributed by atoms with Crippen LogP contribution < -0.4 is 11.1 Å². The summed E-state index contributed by atoms with van der Waals surface area (Å²) in [6.45, 7) is 1.73. The van der Waals surface area contributed by atoms with Crippen molar-refractivity contribution in [1.29, 1.82) is 0 Å². The first-order chi connectivity index (χ1) is 9.47. The van der Waals surface area contributed by atoms with Crippen molar-refractivity contribution in [3.8, 4) is 0 Å². The molecule has 1 amide bonds. The van der Waals surface area contributed by atoms with E-state index in [2.05, 4.69) is 5.32 Å². The number of hydrogen-bond donors (Lipinski definition) is 2. The largest absolute Gasteiger partial charge is 0.353 e. The van der Waals surface area contributed by atoms with Gasteiger partial charge in [-0.2, -0.15) is 0 Å². The third-order valence-corrected chi connectivity index (χ3v) is 3.63. The van der Waals surface area contributed by atoms with Crippen molar-refractivity contribution in [1.82, 2.24) is 5.32 Å². The highest BCUT2D eigenvalue weighted by Gasteiger charge is 2.30. The molecule has 1 aromatic rings. The number of carbonyl (C=O) groups excluding carboxylic acids is 1. The van der Waals surface area contributed by atoms with Crippen LogP contribution in [0.1, 0.15) is 31.7 Å². The first kappa shape index (κ1) is 14.9. The van der Waals surface area contributed by atoms with Crippen LogP contribution in [0.5, 0.6) is 0 Å². The third kappa shape index (κ3) is 4.00. The molecular weight excluding hydrogens is 262 g/mol. The molecule has 1 fully saturated rings. The van der Waals surface area contributed by atoms with Crippen LogP contribution >= 0.6 is 0 Å². The number of hydrogen-bond acceptors (Lipinski definition) is 2. The van der Waals surface area contributed by atoms with Crippen LogP contribution in [0, 0.1) is 17.6 Å². The fourth-order valence-corrected chi connectivity index (χ4v) is 2.32. The smallest absolute Gasteiger partial charge is 0.221 e. The van der Waals surface area contributed by atoms with E-state index < -0.39 is 11.6 Å². The second-order valence-corrected chi connectivity index (χ2v) is 5.58. The molecule has 110 valence electrons. The fourth-order valence-electron chi connectivity index (χ4n) is 2.32. The minimum absolute atomic E-state index is 0.00629. The van der Waals surface area contributed by atoms with Crippen molar-refractivity contribution < 1.29 is 13.6 Å². The Morgan fingerprint density at radius 3 is 2.55 bits per heavy atom. The molecule has 0 bridgehead atoms. The zero-order valence-electron chi connectivity index (χ0n) is 11.5. The van der Waals surface area contributed by atoms with Gasteiger partial charge in [0.25, 0.3) is 0 Å². The third-order valence-electron chi connectivity index (χ3n) is 3.63. The summed E-state index contributed by atoms with van der Waals surface area (Å²) in [5.41, 5.74) is 5.88. The number of nitrogens with two attached hydrogens (primary N) is 1. The Hall–Kier alpha value is -1.49. The summed E-state index contributed by atoms with van der Waals surface area (Å²) in [6.07, 6.45) is 2.58. The molecule has 0 radical (unpaired) electrons. The fraction of sp³-hybridized carbons (Fsp3) is 0.533. The van der Waals surface area contributed by atoms with Gasteiger partial charge in [0.15, 0.2) is 0 Å². The van der Waals surface area contributed by atoms with Gasteiger partial charge in [-0.05, 0) is 44.2 Å². The Bertz CT molecular complexity index is 469. The van der Waals surface area contributed by atoms with E-state index in [9.17, 15) is 13.6 Å². The van der Waals surface area contributed by atoms with E-state index in [1.807, 2.05) is 0 Å². The van der Waals surface area contributed by atoms with Crippen LogP contribution in [-0.2, 0) is 11.2 Å². The van der Waals surface area contributed by atoms with E-state index in [0.717, 1.165) is 12.8 Å². The van der Waals surface area contributed by atoms with E-state index in [-0.39, 0.29) is 36.4 Å². The maximum atomic E-state index is 13.5. The van der Waals surface area contributed by atoms with Gasteiger partial charge in [-0.3, -0.25) is 4.79 Å². The van der Waals surface area contributed by atoms with Crippen LogP contribution in [0.4, 0.5) is 8.78 Å². The van der Waals surface area contributed by atoms with Crippen LogP contribution in [-0.4, -0.2) is 18.0 Å². The molecule has 1 aliphatic carbocycles. The molecular formula is C15H20F2N2O. The topological polar surface area (TPSA) is 55.1 Å². The average Bonchev–Trinajstić information content (AvgIpc) is 3.17. The second kappa shape index (κ2) is 6.31. The Morgan fingerprint density at radius 2 is 2.00 bits per heavy atom. The van der Waals surface area contributed by atoms with Crippen molar-refractivity contribution in [2.75, 3.05) is 0 Å². The maximum absolute atomic E-state index is 13.5. The highest BCUT2D eigenvalue weighted by Crippen LogP contribution is 2.32. The van der Waals surface area contributed by atoms with Gasteiger partial charge in [0.2, 0.25) is 5.91 Å².